The van der Waals surface area contributed by atoms with Crippen molar-refractivity contribution in [2.75, 3.05) is 14.1 Å². The Hall–Kier alpha value is -3.05. The van der Waals surface area contributed by atoms with Crippen LogP contribution in [0.1, 0.15) is 27.8 Å². The Balaban J connectivity index is 1.82. The van der Waals surface area contributed by atoms with Gasteiger partial charge in [0.15, 0.2) is 0 Å². The number of amides is 1. The molecule has 0 unspecified atom stereocenters. The van der Waals surface area contributed by atoms with Crippen LogP contribution >= 0.6 is 0 Å². The van der Waals surface area contributed by atoms with E-state index in [2.05, 4.69) is 10.0 Å². The standard InChI is InChI=1S/C27H33N3O5S2/c1-19-15-20(2)26(21(3)16-19)36(32,33)29-25(17-22-9-7-6-8-10-22)27(31)28-18-23-11-13-24(14-12-23)37(34,35)30(4)5/h6-16,25,29H,17-18H2,1-5H3,(H,28,31)/t25-/m1/s1. The van der Waals surface area contributed by atoms with Crippen LogP contribution in [0.4, 0.5) is 0 Å². The summed E-state index contributed by atoms with van der Waals surface area (Å²) in [6.45, 7) is 5.48. The Bertz CT molecular complexity index is 1450. The molecule has 3 aromatic carbocycles. The Morgan fingerprint density at radius 3 is 1.95 bits per heavy atom. The minimum absolute atomic E-state index is 0.108. The molecule has 3 rings (SSSR count). The fourth-order valence-electron chi connectivity index (χ4n) is 4.18. The van der Waals surface area contributed by atoms with Crippen molar-refractivity contribution in [1.82, 2.24) is 14.3 Å². The summed E-state index contributed by atoms with van der Waals surface area (Å²) in [4.78, 5) is 13.5. The summed E-state index contributed by atoms with van der Waals surface area (Å²) in [6.07, 6.45) is 0.163. The molecule has 0 aliphatic rings. The predicted octanol–water partition coefficient (Wildman–Crippen LogP) is 3.07. The van der Waals surface area contributed by atoms with E-state index in [1.165, 1.54) is 26.2 Å². The van der Waals surface area contributed by atoms with Crippen molar-refractivity contribution >= 4 is 26.0 Å². The van der Waals surface area contributed by atoms with Gasteiger partial charge < -0.3 is 5.32 Å². The van der Waals surface area contributed by atoms with Gasteiger partial charge in [0.1, 0.15) is 6.04 Å². The zero-order valence-electron chi connectivity index (χ0n) is 21.6. The van der Waals surface area contributed by atoms with Crippen molar-refractivity contribution < 1.29 is 21.6 Å². The van der Waals surface area contributed by atoms with E-state index >= 15 is 0 Å². The van der Waals surface area contributed by atoms with E-state index in [9.17, 15) is 21.6 Å². The second-order valence-electron chi connectivity index (χ2n) is 9.24. The zero-order chi connectivity index (χ0) is 27.4. The first kappa shape index (κ1) is 28.5. The fraction of sp³-hybridized carbons (Fsp3) is 0.296. The van der Waals surface area contributed by atoms with Gasteiger partial charge in [-0.2, -0.15) is 4.72 Å². The highest BCUT2D eigenvalue weighted by molar-refractivity contribution is 7.89. The second kappa shape index (κ2) is 11.6. The zero-order valence-corrected chi connectivity index (χ0v) is 23.3. The summed E-state index contributed by atoms with van der Waals surface area (Å²) >= 11 is 0. The van der Waals surface area contributed by atoms with Crippen LogP contribution in [-0.2, 0) is 37.8 Å². The van der Waals surface area contributed by atoms with Crippen LogP contribution in [0.5, 0.6) is 0 Å². The molecule has 0 saturated carbocycles. The molecule has 1 amide bonds. The molecule has 0 aromatic heterocycles. The quantitative estimate of drug-likeness (QED) is 0.408. The molecule has 0 spiro atoms. The summed E-state index contributed by atoms with van der Waals surface area (Å²) in [5.41, 5.74) is 3.66. The molecular formula is C27H33N3O5S2. The maximum atomic E-state index is 13.4. The molecule has 2 N–H and O–H groups in total. The molecule has 0 fully saturated rings. The average Bonchev–Trinajstić information content (AvgIpc) is 2.82. The SMILES string of the molecule is Cc1cc(C)c(S(=O)(=O)N[C@H](Cc2ccccc2)C(=O)NCc2ccc(S(=O)(=O)N(C)C)cc2)c(C)c1. The number of benzene rings is 3. The van der Waals surface area contributed by atoms with Crippen LogP contribution in [0.15, 0.2) is 76.5 Å². The molecule has 10 heteroatoms. The molecule has 0 bridgehead atoms. The summed E-state index contributed by atoms with van der Waals surface area (Å²) in [5, 5.41) is 2.79. The molecule has 0 heterocycles. The lowest BCUT2D eigenvalue weighted by Gasteiger charge is -2.21. The molecule has 8 nitrogen and oxygen atoms in total. The molecule has 0 radical (unpaired) electrons. The summed E-state index contributed by atoms with van der Waals surface area (Å²) in [6, 6.07) is 17.9. The Morgan fingerprint density at radius 2 is 1.41 bits per heavy atom. The monoisotopic (exact) mass is 543 g/mol. The van der Waals surface area contributed by atoms with Crippen molar-refractivity contribution in [1.29, 1.82) is 0 Å². The van der Waals surface area contributed by atoms with E-state index in [0.717, 1.165) is 15.4 Å². The summed E-state index contributed by atoms with van der Waals surface area (Å²) in [5.74, 6) is -0.486. The third-order valence-corrected chi connectivity index (χ3v) is 9.54. The number of nitrogens with zero attached hydrogens (tertiary/aromatic N) is 1. The maximum absolute atomic E-state index is 13.4. The average molecular weight is 544 g/mol. The minimum Gasteiger partial charge on any atom is -0.351 e. The van der Waals surface area contributed by atoms with Gasteiger partial charge in [0.05, 0.1) is 9.79 Å². The summed E-state index contributed by atoms with van der Waals surface area (Å²) in [7, 11) is -4.65. The Labute approximate surface area is 219 Å². The van der Waals surface area contributed by atoms with E-state index in [-0.39, 0.29) is 22.8 Å². The van der Waals surface area contributed by atoms with Crippen molar-refractivity contribution in [3.63, 3.8) is 0 Å². The molecule has 1 atom stereocenters. The van der Waals surface area contributed by atoms with Gasteiger partial charge in [-0.05, 0) is 61.6 Å². The van der Waals surface area contributed by atoms with Gasteiger partial charge in [0.2, 0.25) is 26.0 Å². The first-order valence-corrected chi connectivity index (χ1v) is 14.7. The van der Waals surface area contributed by atoms with Crippen molar-refractivity contribution in [3.8, 4) is 0 Å². The number of sulfonamides is 2. The smallest absolute Gasteiger partial charge is 0.242 e. The van der Waals surface area contributed by atoms with E-state index in [1.807, 2.05) is 37.3 Å². The third kappa shape index (κ3) is 7.04. The highest BCUT2D eigenvalue weighted by Gasteiger charge is 2.28. The molecule has 3 aromatic rings. The van der Waals surface area contributed by atoms with Crippen LogP contribution in [0, 0.1) is 20.8 Å². The fourth-order valence-corrected chi connectivity index (χ4v) is 6.73. The lowest BCUT2D eigenvalue weighted by Crippen LogP contribution is -2.48. The van der Waals surface area contributed by atoms with Crippen molar-refractivity contribution in [2.45, 2.75) is 49.6 Å². The molecule has 0 saturated heterocycles. The van der Waals surface area contributed by atoms with Gasteiger partial charge in [0.25, 0.3) is 0 Å². The lowest BCUT2D eigenvalue weighted by atomic mass is 10.1. The highest BCUT2D eigenvalue weighted by atomic mass is 32.2. The highest BCUT2D eigenvalue weighted by Crippen LogP contribution is 2.22. The van der Waals surface area contributed by atoms with Crippen LogP contribution in [0.25, 0.3) is 0 Å². The Kier molecular flexibility index (Phi) is 8.91. The lowest BCUT2D eigenvalue weighted by molar-refractivity contribution is -0.122. The number of aryl methyl sites for hydroxylation is 3. The second-order valence-corrected chi connectivity index (χ2v) is 13.0. The third-order valence-electron chi connectivity index (χ3n) is 5.94. The van der Waals surface area contributed by atoms with Gasteiger partial charge in [-0.1, -0.05) is 60.2 Å². The topological polar surface area (TPSA) is 113 Å². The number of hydrogen-bond acceptors (Lipinski definition) is 5. The normalized spacial score (nSPS) is 12.9. The van der Waals surface area contributed by atoms with Gasteiger partial charge in [-0.15, -0.1) is 0 Å². The van der Waals surface area contributed by atoms with Crippen molar-refractivity contribution in [2.24, 2.45) is 0 Å². The van der Waals surface area contributed by atoms with Crippen LogP contribution in [-0.4, -0.2) is 47.2 Å². The Morgan fingerprint density at radius 1 is 0.838 bits per heavy atom. The van der Waals surface area contributed by atoms with Gasteiger partial charge in [0, 0.05) is 20.6 Å². The van der Waals surface area contributed by atoms with Crippen LogP contribution in [0.2, 0.25) is 0 Å². The van der Waals surface area contributed by atoms with Crippen LogP contribution < -0.4 is 10.0 Å². The number of carbonyl (C=O) groups excluding carboxylic acids is 1. The number of nitrogens with one attached hydrogen (secondary N) is 2. The molecule has 37 heavy (non-hydrogen) atoms. The maximum Gasteiger partial charge on any atom is 0.242 e. The predicted molar refractivity (Wildman–Crippen MR) is 144 cm³/mol. The first-order valence-electron chi connectivity index (χ1n) is 11.7. The van der Waals surface area contributed by atoms with Gasteiger partial charge in [-0.25, -0.2) is 21.1 Å². The van der Waals surface area contributed by atoms with Crippen LogP contribution in [0.3, 0.4) is 0 Å². The first-order chi connectivity index (χ1) is 17.3. The number of rotatable bonds is 10. The molecule has 198 valence electrons. The minimum atomic E-state index is -4.00. The van der Waals surface area contributed by atoms with Gasteiger partial charge in [-0.3, -0.25) is 4.79 Å². The summed E-state index contributed by atoms with van der Waals surface area (Å²) < 4.78 is 55.1. The van der Waals surface area contributed by atoms with E-state index in [1.54, 1.807) is 38.1 Å². The van der Waals surface area contributed by atoms with E-state index in [0.29, 0.717) is 16.7 Å². The molecule has 0 aliphatic heterocycles. The van der Waals surface area contributed by atoms with Gasteiger partial charge >= 0.3 is 0 Å². The number of carbonyl (C=O) groups is 1. The number of hydrogen-bond donors (Lipinski definition) is 2. The van der Waals surface area contributed by atoms with E-state index in [4.69, 9.17) is 0 Å². The van der Waals surface area contributed by atoms with Crippen molar-refractivity contribution in [3.05, 3.63) is 94.5 Å². The molecule has 0 aliphatic carbocycles. The van der Waals surface area contributed by atoms with E-state index < -0.39 is 32.0 Å². The largest absolute Gasteiger partial charge is 0.351 e. The molecular weight excluding hydrogens is 510 g/mol.